The van der Waals surface area contributed by atoms with Gasteiger partial charge in [0.1, 0.15) is 17.7 Å². The minimum Gasteiger partial charge on any atom is -0.476 e. The summed E-state index contributed by atoms with van der Waals surface area (Å²) in [4.78, 5) is 8.31. The highest BCUT2D eigenvalue weighted by atomic mass is 16.5. The average molecular weight is 277 g/mol. The number of ether oxygens (including phenoxy) is 1. The lowest BCUT2D eigenvalue weighted by molar-refractivity contribution is 0.162. The van der Waals surface area contributed by atoms with E-state index in [0.29, 0.717) is 30.0 Å². The number of aliphatic hydroxyl groups is 1. The summed E-state index contributed by atoms with van der Waals surface area (Å²) >= 11 is 0. The standard InChI is InChI=1S/C14H19N3O3/c1-10(2)9-20-14-8-15-7-13(17-14)16-6-11(18)12-4-3-5-19-12/h3-5,7-8,10-11,18H,6,9H2,1-2H3,(H,16,17)/t11-/m0/s1. The van der Waals surface area contributed by atoms with Crippen LogP contribution in [-0.4, -0.2) is 28.2 Å². The van der Waals surface area contributed by atoms with Crippen LogP contribution >= 0.6 is 0 Å². The molecule has 0 aliphatic heterocycles. The summed E-state index contributed by atoms with van der Waals surface area (Å²) in [7, 11) is 0. The monoisotopic (exact) mass is 277 g/mol. The second kappa shape index (κ2) is 6.91. The number of hydrogen-bond donors (Lipinski definition) is 2. The first-order valence-electron chi connectivity index (χ1n) is 6.55. The van der Waals surface area contributed by atoms with E-state index in [9.17, 15) is 5.11 Å². The molecular weight excluding hydrogens is 258 g/mol. The van der Waals surface area contributed by atoms with Crippen LogP contribution in [0.15, 0.2) is 35.2 Å². The van der Waals surface area contributed by atoms with Gasteiger partial charge in [0.2, 0.25) is 5.88 Å². The van der Waals surface area contributed by atoms with Crippen LogP contribution in [-0.2, 0) is 0 Å². The third-order valence-electron chi connectivity index (χ3n) is 2.53. The molecule has 0 saturated heterocycles. The van der Waals surface area contributed by atoms with Crippen molar-refractivity contribution in [1.82, 2.24) is 9.97 Å². The lowest BCUT2D eigenvalue weighted by atomic mass is 10.2. The van der Waals surface area contributed by atoms with E-state index in [-0.39, 0.29) is 6.54 Å². The van der Waals surface area contributed by atoms with E-state index in [1.807, 2.05) is 0 Å². The summed E-state index contributed by atoms with van der Waals surface area (Å²) < 4.78 is 10.6. The number of aliphatic hydroxyl groups excluding tert-OH is 1. The molecule has 0 unspecified atom stereocenters. The highest BCUT2D eigenvalue weighted by Crippen LogP contribution is 2.15. The molecule has 2 heterocycles. The van der Waals surface area contributed by atoms with Gasteiger partial charge in [0.05, 0.1) is 25.3 Å². The molecule has 0 radical (unpaired) electrons. The van der Waals surface area contributed by atoms with Crippen molar-refractivity contribution in [2.75, 3.05) is 18.5 Å². The largest absolute Gasteiger partial charge is 0.476 e. The Morgan fingerprint density at radius 2 is 2.25 bits per heavy atom. The zero-order valence-electron chi connectivity index (χ0n) is 11.6. The van der Waals surface area contributed by atoms with Crippen molar-refractivity contribution >= 4 is 5.82 Å². The number of furan rings is 1. The van der Waals surface area contributed by atoms with Crippen LogP contribution in [0.3, 0.4) is 0 Å². The molecule has 0 spiro atoms. The number of hydrogen-bond acceptors (Lipinski definition) is 6. The van der Waals surface area contributed by atoms with Crippen LogP contribution in [0.4, 0.5) is 5.82 Å². The molecule has 6 nitrogen and oxygen atoms in total. The molecule has 2 N–H and O–H groups in total. The van der Waals surface area contributed by atoms with Gasteiger partial charge in [0, 0.05) is 6.54 Å². The molecule has 2 aromatic heterocycles. The van der Waals surface area contributed by atoms with Crippen molar-refractivity contribution < 1.29 is 14.3 Å². The van der Waals surface area contributed by atoms with Gasteiger partial charge in [-0.15, -0.1) is 0 Å². The van der Waals surface area contributed by atoms with E-state index in [4.69, 9.17) is 9.15 Å². The minimum atomic E-state index is -0.730. The van der Waals surface area contributed by atoms with Gasteiger partial charge in [-0.2, -0.15) is 4.98 Å². The van der Waals surface area contributed by atoms with Crippen molar-refractivity contribution in [2.24, 2.45) is 5.92 Å². The van der Waals surface area contributed by atoms with Crippen LogP contribution in [0.2, 0.25) is 0 Å². The van der Waals surface area contributed by atoms with E-state index < -0.39 is 6.10 Å². The van der Waals surface area contributed by atoms with Gasteiger partial charge in [-0.25, -0.2) is 0 Å². The molecule has 6 heteroatoms. The molecule has 2 aromatic rings. The van der Waals surface area contributed by atoms with Crippen LogP contribution in [0.5, 0.6) is 5.88 Å². The van der Waals surface area contributed by atoms with Crippen molar-refractivity contribution in [2.45, 2.75) is 20.0 Å². The topological polar surface area (TPSA) is 80.4 Å². The molecule has 0 aromatic carbocycles. The molecule has 0 saturated carbocycles. The van der Waals surface area contributed by atoms with Crippen LogP contribution < -0.4 is 10.1 Å². The summed E-state index contributed by atoms with van der Waals surface area (Å²) in [5.74, 6) is 1.96. The maximum atomic E-state index is 9.88. The van der Waals surface area contributed by atoms with Crippen molar-refractivity contribution in [3.63, 3.8) is 0 Å². The van der Waals surface area contributed by atoms with E-state index in [1.165, 1.54) is 6.26 Å². The first-order valence-corrected chi connectivity index (χ1v) is 6.55. The fraction of sp³-hybridized carbons (Fsp3) is 0.429. The van der Waals surface area contributed by atoms with Crippen molar-refractivity contribution in [3.05, 3.63) is 36.5 Å². The van der Waals surface area contributed by atoms with Gasteiger partial charge in [0.15, 0.2) is 0 Å². The zero-order valence-corrected chi connectivity index (χ0v) is 11.6. The number of nitrogens with zero attached hydrogens (tertiary/aromatic N) is 2. The van der Waals surface area contributed by atoms with Crippen LogP contribution in [0.1, 0.15) is 25.7 Å². The van der Waals surface area contributed by atoms with E-state index >= 15 is 0 Å². The molecular formula is C14H19N3O3. The number of anilines is 1. The lowest BCUT2D eigenvalue weighted by Crippen LogP contribution is -2.13. The maximum absolute atomic E-state index is 9.88. The number of aromatic nitrogens is 2. The Kier molecular flexibility index (Phi) is 4.95. The Morgan fingerprint density at radius 1 is 1.40 bits per heavy atom. The molecule has 2 rings (SSSR count). The Bertz CT molecular complexity index is 514. The maximum Gasteiger partial charge on any atom is 0.234 e. The third kappa shape index (κ3) is 4.24. The van der Waals surface area contributed by atoms with Gasteiger partial charge in [0.25, 0.3) is 0 Å². The molecule has 1 atom stereocenters. The fourth-order valence-electron chi connectivity index (χ4n) is 1.54. The second-order valence-corrected chi connectivity index (χ2v) is 4.86. The zero-order chi connectivity index (χ0) is 14.4. The van der Waals surface area contributed by atoms with Crippen molar-refractivity contribution in [3.8, 4) is 5.88 Å². The normalized spacial score (nSPS) is 12.4. The molecule has 0 aliphatic rings. The highest BCUT2D eigenvalue weighted by Gasteiger charge is 2.10. The van der Waals surface area contributed by atoms with E-state index in [0.717, 1.165) is 0 Å². The number of nitrogens with one attached hydrogen (secondary N) is 1. The smallest absolute Gasteiger partial charge is 0.234 e. The summed E-state index contributed by atoms with van der Waals surface area (Å²) in [5, 5.41) is 12.9. The summed E-state index contributed by atoms with van der Waals surface area (Å²) in [5.41, 5.74) is 0. The Hall–Kier alpha value is -2.08. The minimum absolute atomic E-state index is 0.288. The van der Waals surface area contributed by atoms with Gasteiger partial charge in [-0.3, -0.25) is 4.98 Å². The molecule has 0 fully saturated rings. The summed E-state index contributed by atoms with van der Waals surface area (Å²) in [6.45, 7) is 5.01. The first kappa shape index (κ1) is 14.3. The Labute approximate surface area is 117 Å². The Balaban J connectivity index is 1.88. The van der Waals surface area contributed by atoms with Gasteiger partial charge in [-0.05, 0) is 18.1 Å². The lowest BCUT2D eigenvalue weighted by Gasteiger charge is -2.11. The predicted molar refractivity (Wildman–Crippen MR) is 74.5 cm³/mol. The Morgan fingerprint density at radius 3 is 2.95 bits per heavy atom. The average Bonchev–Trinajstić information content (AvgIpc) is 2.97. The van der Waals surface area contributed by atoms with Gasteiger partial charge < -0.3 is 19.6 Å². The van der Waals surface area contributed by atoms with Gasteiger partial charge in [-0.1, -0.05) is 13.8 Å². The second-order valence-electron chi connectivity index (χ2n) is 4.86. The van der Waals surface area contributed by atoms with E-state index in [1.54, 1.807) is 24.5 Å². The predicted octanol–water partition coefficient (Wildman–Crippen LogP) is 2.25. The fourth-order valence-corrected chi connectivity index (χ4v) is 1.54. The van der Waals surface area contributed by atoms with Crippen LogP contribution in [0.25, 0.3) is 0 Å². The summed E-state index contributed by atoms with van der Waals surface area (Å²) in [6, 6.07) is 3.46. The quantitative estimate of drug-likeness (QED) is 0.808. The van der Waals surface area contributed by atoms with E-state index in [2.05, 4.69) is 29.1 Å². The molecule has 0 aliphatic carbocycles. The van der Waals surface area contributed by atoms with Crippen LogP contribution in [0, 0.1) is 5.92 Å². The molecule has 0 amide bonds. The molecule has 108 valence electrons. The summed E-state index contributed by atoms with van der Waals surface area (Å²) in [6.07, 6.45) is 3.94. The first-order chi connectivity index (χ1) is 9.65. The molecule has 0 bridgehead atoms. The SMILES string of the molecule is CC(C)COc1cncc(NC[C@H](O)c2ccco2)n1. The number of rotatable bonds is 7. The third-order valence-corrected chi connectivity index (χ3v) is 2.53. The molecule has 20 heavy (non-hydrogen) atoms. The van der Waals surface area contributed by atoms with Crippen molar-refractivity contribution in [1.29, 1.82) is 0 Å². The van der Waals surface area contributed by atoms with Gasteiger partial charge >= 0.3 is 0 Å². The highest BCUT2D eigenvalue weighted by molar-refractivity contribution is 5.33.